The van der Waals surface area contributed by atoms with Gasteiger partial charge >= 0.3 is 5.97 Å². The molecule has 1 unspecified atom stereocenters. The Labute approximate surface area is 94.6 Å². The van der Waals surface area contributed by atoms with E-state index >= 15 is 0 Å². The molecule has 1 atom stereocenters. The van der Waals surface area contributed by atoms with E-state index in [4.69, 9.17) is 10.5 Å². The van der Waals surface area contributed by atoms with Crippen molar-refractivity contribution in [2.24, 2.45) is 5.73 Å². The molecule has 0 aliphatic heterocycles. The number of nitrogens with zero attached hydrogens (tertiary/aromatic N) is 1. The van der Waals surface area contributed by atoms with E-state index in [1.807, 2.05) is 0 Å². The van der Waals surface area contributed by atoms with Gasteiger partial charge in [-0.1, -0.05) is 0 Å². The Bertz CT molecular complexity index is 355. The highest BCUT2D eigenvalue weighted by Gasteiger charge is 2.16. The maximum Gasteiger partial charge on any atom is 0.306 e. The molecular weight excluding hydrogens is 208 g/mol. The highest BCUT2D eigenvalue weighted by molar-refractivity contribution is 5.70. The van der Waals surface area contributed by atoms with Crippen molar-refractivity contribution in [1.82, 2.24) is 4.98 Å². The normalized spacial score (nSPS) is 11.9. The average Bonchev–Trinajstić information content (AvgIpc) is 2.35. The van der Waals surface area contributed by atoms with E-state index in [1.54, 1.807) is 25.4 Å². The summed E-state index contributed by atoms with van der Waals surface area (Å²) in [5.41, 5.74) is 6.35. The Balaban J connectivity index is 2.81. The molecule has 0 aliphatic carbocycles. The van der Waals surface area contributed by atoms with E-state index in [0.717, 1.165) is 5.69 Å². The molecule has 1 heterocycles. The second-order valence-electron chi connectivity index (χ2n) is 3.33. The number of aromatic nitrogens is 1. The number of ether oxygens (including phenoxy) is 2. The number of hydrogen-bond acceptors (Lipinski definition) is 5. The zero-order chi connectivity index (χ0) is 12.0. The highest BCUT2D eigenvalue weighted by Crippen LogP contribution is 2.20. The van der Waals surface area contributed by atoms with E-state index in [9.17, 15) is 4.79 Å². The number of carbonyl (C=O) groups excluding carboxylic acids is 1. The van der Waals surface area contributed by atoms with Gasteiger partial charge in [0.1, 0.15) is 5.75 Å². The Morgan fingerprint density at radius 2 is 2.31 bits per heavy atom. The van der Waals surface area contributed by atoms with Gasteiger partial charge in [-0.05, 0) is 6.07 Å². The Morgan fingerprint density at radius 3 is 2.88 bits per heavy atom. The summed E-state index contributed by atoms with van der Waals surface area (Å²) in [6.07, 6.45) is 1.86. The van der Waals surface area contributed by atoms with E-state index in [2.05, 4.69) is 9.72 Å². The Hall–Kier alpha value is -1.62. The quantitative estimate of drug-likeness (QED) is 0.745. The van der Waals surface area contributed by atoms with Crippen molar-refractivity contribution in [3.63, 3.8) is 0 Å². The third-order valence-corrected chi connectivity index (χ3v) is 2.33. The van der Waals surface area contributed by atoms with Gasteiger partial charge in [-0.25, -0.2) is 0 Å². The van der Waals surface area contributed by atoms with Crippen LogP contribution in [0.3, 0.4) is 0 Å². The monoisotopic (exact) mass is 224 g/mol. The molecule has 0 radical (unpaired) electrons. The maximum absolute atomic E-state index is 11.2. The molecule has 16 heavy (non-hydrogen) atoms. The van der Waals surface area contributed by atoms with Crippen LogP contribution in [0.1, 0.15) is 18.0 Å². The van der Waals surface area contributed by atoms with Crippen LogP contribution in [0.4, 0.5) is 0 Å². The number of pyridine rings is 1. The summed E-state index contributed by atoms with van der Waals surface area (Å²) >= 11 is 0. The van der Waals surface area contributed by atoms with Gasteiger partial charge in [0.2, 0.25) is 0 Å². The fourth-order valence-electron chi connectivity index (χ4n) is 1.37. The predicted octanol–water partition coefficient (Wildman–Crippen LogP) is 0.696. The van der Waals surface area contributed by atoms with Gasteiger partial charge in [0.05, 0.1) is 20.6 Å². The molecule has 2 N–H and O–H groups in total. The zero-order valence-electron chi connectivity index (χ0n) is 9.47. The summed E-state index contributed by atoms with van der Waals surface area (Å²) in [6, 6.07) is 3.52. The van der Waals surface area contributed by atoms with Crippen LogP contribution in [-0.4, -0.2) is 31.7 Å². The second kappa shape index (κ2) is 6.07. The van der Waals surface area contributed by atoms with Gasteiger partial charge in [-0.15, -0.1) is 0 Å². The number of carbonyl (C=O) groups is 1. The topological polar surface area (TPSA) is 74.4 Å². The number of nitrogens with two attached hydrogens (primary N) is 1. The maximum atomic E-state index is 11.2. The van der Waals surface area contributed by atoms with Gasteiger partial charge in [0, 0.05) is 30.4 Å². The standard InChI is InChI=1S/C11H16N2O3/c1-15-9-3-4-13-10(6-9)8(7-12)5-11(14)16-2/h3-4,6,8H,5,7,12H2,1-2H3. The second-order valence-corrected chi connectivity index (χ2v) is 3.33. The molecule has 0 fully saturated rings. The van der Waals surface area contributed by atoms with Crippen LogP contribution < -0.4 is 10.5 Å². The lowest BCUT2D eigenvalue weighted by atomic mass is 10.0. The fraction of sp³-hybridized carbons (Fsp3) is 0.455. The lowest BCUT2D eigenvalue weighted by Gasteiger charge is -2.13. The minimum Gasteiger partial charge on any atom is -0.497 e. The van der Waals surface area contributed by atoms with Gasteiger partial charge < -0.3 is 15.2 Å². The van der Waals surface area contributed by atoms with Crippen LogP contribution in [0.25, 0.3) is 0 Å². The van der Waals surface area contributed by atoms with Gasteiger partial charge in [0.25, 0.3) is 0 Å². The summed E-state index contributed by atoms with van der Waals surface area (Å²) in [5.74, 6) is 0.274. The molecule has 0 amide bonds. The van der Waals surface area contributed by atoms with Crippen LogP contribution in [0.15, 0.2) is 18.3 Å². The Kier molecular flexibility index (Phi) is 4.72. The average molecular weight is 224 g/mol. The molecule has 5 heteroatoms. The molecular formula is C11H16N2O3. The number of methoxy groups -OCH3 is 2. The molecule has 0 spiro atoms. The highest BCUT2D eigenvalue weighted by atomic mass is 16.5. The molecule has 0 bridgehead atoms. The van der Waals surface area contributed by atoms with Crippen molar-refractivity contribution >= 4 is 5.97 Å². The van der Waals surface area contributed by atoms with Crippen LogP contribution >= 0.6 is 0 Å². The first kappa shape index (κ1) is 12.4. The summed E-state index contributed by atoms with van der Waals surface area (Å²) in [4.78, 5) is 15.4. The van der Waals surface area contributed by atoms with Crippen molar-refractivity contribution in [1.29, 1.82) is 0 Å². The van der Waals surface area contributed by atoms with E-state index < -0.39 is 0 Å². The van der Waals surface area contributed by atoms with Crippen LogP contribution in [0.5, 0.6) is 5.75 Å². The van der Waals surface area contributed by atoms with E-state index in [-0.39, 0.29) is 18.3 Å². The smallest absolute Gasteiger partial charge is 0.306 e. The lowest BCUT2D eigenvalue weighted by Crippen LogP contribution is -2.18. The minimum absolute atomic E-state index is 0.137. The van der Waals surface area contributed by atoms with Gasteiger partial charge in [0.15, 0.2) is 0 Å². The molecule has 1 rings (SSSR count). The third-order valence-electron chi connectivity index (χ3n) is 2.33. The summed E-state index contributed by atoms with van der Waals surface area (Å²) in [6.45, 7) is 0.343. The summed E-state index contributed by atoms with van der Waals surface area (Å²) in [5, 5.41) is 0. The lowest BCUT2D eigenvalue weighted by molar-refractivity contribution is -0.141. The van der Waals surface area contributed by atoms with Crippen molar-refractivity contribution < 1.29 is 14.3 Å². The van der Waals surface area contributed by atoms with Crippen LogP contribution in [0.2, 0.25) is 0 Å². The fourth-order valence-corrected chi connectivity index (χ4v) is 1.37. The molecule has 0 aromatic carbocycles. The molecule has 0 saturated heterocycles. The first-order chi connectivity index (χ1) is 7.71. The van der Waals surface area contributed by atoms with Crippen molar-refractivity contribution in [3.05, 3.63) is 24.0 Å². The SMILES string of the molecule is COC(=O)CC(CN)c1cc(OC)ccn1. The number of rotatable bonds is 5. The predicted molar refractivity (Wildman–Crippen MR) is 59.2 cm³/mol. The van der Waals surface area contributed by atoms with E-state index in [0.29, 0.717) is 12.3 Å². The van der Waals surface area contributed by atoms with Gasteiger partial charge in [-0.2, -0.15) is 0 Å². The van der Waals surface area contributed by atoms with Crippen LogP contribution in [0, 0.1) is 0 Å². The first-order valence-electron chi connectivity index (χ1n) is 4.98. The Morgan fingerprint density at radius 1 is 1.56 bits per heavy atom. The molecule has 5 nitrogen and oxygen atoms in total. The molecule has 1 aromatic heterocycles. The van der Waals surface area contributed by atoms with E-state index in [1.165, 1.54) is 7.11 Å². The minimum atomic E-state index is -0.292. The summed E-state index contributed by atoms with van der Waals surface area (Å²) < 4.78 is 9.69. The zero-order valence-corrected chi connectivity index (χ0v) is 9.47. The molecule has 1 aromatic rings. The third kappa shape index (κ3) is 3.20. The molecule has 0 aliphatic rings. The van der Waals surface area contributed by atoms with Crippen LogP contribution in [-0.2, 0) is 9.53 Å². The summed E-state index contributed by atoms with van der Waals surface area (Å²) in [7, 11) is 2.94. The number of hydrogen-bond donors (Lipinski definition) is 1. The van der Waals surface area contributed by atoms with Crippen molar-refractivity contribution in [3.8, 4) is 5.75 Å². The molecule has 88 valence electrons. The molecule has 0 saturated carbocycles. The number of esters is 1. The largest absolute Gasteiger partial charge is 0.497 e. The first-order valence-corrected chi connectivity index (χ1v) is 4.98. The van der Waals surface area contributed by atoms with Crippen molar-refractivity contribution in [2.75, 3.05) is 20.8 Å². The van der Waals surface area contributed by atoms with Crippen molar-refractivity contribution in [2.45, 2.75) is 12.3 Å². The van der Waals surface area contributed by atoms with Gasteiger partial charge in [-0.3, -0.25) is 9.78 Å².